The minimum Gasteiger partial charge on any atom is -0.460 e. The average molecular weight is 659 g/mol. The summed E-state index contributed by atoms with van der Waals surface area (Å²) in [5.41, 5.74) is 8.24. The van der Waals surface area contributed by atoms with Crippen molar-refractivity contribution in [2.75, 3.05) is 31.1 Å². The lowest BCUT2D eigenvalue weighted by atomic mass is 10.1. The largest absolute Gasteiger partial charge is 0.460 e. The van der Waals surface area contributed by atoms with Crippen LogP contribution in [0.5, 0.6) is 5.75 Å². The van der Waals surface area contributed by atoms with Crippen molar-refractivity contribution < 1.29 is 27.8 Å². The minimum absolute atomic E-state index is 0. The van der Waals surface area contributed by atoms with E-state index in [0.29, 0.717) is 54.2 Å². The number of esters is 1. The molecule has 46 heavy (non-hydrogen) atoms. The molecule has 0 spiro atoms. The highest BCUT2D eigenvalue weighted by Gasteiger charge is 2.36. The Bertz CT molecular complexity index is 1810. The number of aromatic nitrogens is 4. The zero-order chi connectivity index (χ0) is 31.8. The second-order valence-corrected chi connectivity index (χ2v) is 11.1. The van der Waals surface area contributed by atoms with Gasteiger partial charge in [-0.25, -0.2) is 14.8 Å². The number of carbonyl (C=O) groups excluding carboxylic acids is 2. The number of piperazine rings is 1. The fraction of sp³-hybridized carbons (Fsp3) is 0.367. The maximum atomic E-state index is 13.3. The van der Waals surface area contributed by atoms with Crippen LogP contribution in [0, 0.1) is 0 Å². The summed E-state index contributed by atoms with van der Waals surface area (Å²) in [5.74, 6) is -0.105. The highest BCUT2D eigenvalue weighted by Crippen LogP contribution is 2.28. The smallest absolute Gasteiger partial charge is 0.387 e. The van der Waals surface area contributed by atoms with Crippen LogP contribution in [-0.4, -0.2) is 81.1 Å². The van der Waals surface area contributed by atoms with Gasteiger partial charge >= 0.3 is 18.6 Å². The van der Waals surface area contributed by atoms with E-state index < -0.39 is 18.6 Å². The number of benzene rings is 2. The maximum absolute atomic E-state index is 13.3. The number of alkyl halides is 2. The molecule has 0 saturated carbocycles. The minimum atomic E-state index is -3.06. The number of hydrogen-bond donors (Lipinski definition) is 2. The van der Waals surface area contributed by atoms with Crippen molar-refractivity contribution in [3.8, 4) is 16.9 Å². The predicted octanol–water partition coefficient (Wildman–Crippen LogP) is 2.47. The Morgan fingerprint density at radius 1 is 1.11 bits per heavy atom. The molecular weight excluding hydrogens is 626 g/mol. The van der Waals surface area contributed by atoms with E-state index in [-0.39, 0.29) is 48.9 Å². The summed E-state index contributed by atoms with van der Waals surface area (Å²) in [7, 11) is 1.59. The van der Waals surface area contributed by atoms with Gasteiger partial charge in [-0.15, -0.1) is 12.4 Å². The number of fused-ring (bicyclic) bond motifs is 2. The van der Waals surface area contributed by atoms with Crippen molar-refractivity contribution >= 4 is 41.3 Å². The number of amides is 2. The van der Waals surface area contributed by atoms with Crippen molar-refractivity contribution in [3.63, 3.8) is 0 Å². The van der Waals surface area contributed by atoms with Gasteiger partial charge in [0.2, 0.25) is 5.95 Å². The van der Waals surface area contributed by atoms with E-state index in [1.807, 2.05) is 15.9 Å². The molecule has 2 atom stereocenters. The molecule has 2 amide bonds. The molecule has 4 aromatic rings. The van der Waals surface area contributed by atoms with Crippen LogP contribution >= 0.6 is 12.4 Å². The number of nitrogens with one attached hydrogen (secondary N) is 1. The highest BCUT2D eigenvalue weighted by molar-refractivity contribution is 5.85. The van der Waals surface area contributed by atoms with Gasteiger partial charge in [-0.1, -0.05) is 12.1 Å². The Morgan fingerprint density at radius 2 is 1.87 bits per heavy atom. The Labute approximate surface area is 268 Å². The van der Waals surface area contributed by atoms with Crippen LogP contribution in [0.2, 0.25) is 0 Å². The van der Waals surface area contributed by atoms with Crippen LogP contribution in [-0.2, 0) is 29.7 Å². The molecule has 2 unspecified atom stereocenters. The van der Waals surface area contributed by atoms with E-state index in [0.717, 1.165) is 11.1 Å². The monoisotopic (exact) mass is 658 g/mol. The first-order valence-electron chi connectivity index (χ1n) is 14.4. The standard InChI is InChI=1S/C30H32F2N8O5.ClH/c1-17(33)27(42)44-16-18-3-6-25(45-28(31)32)20(9-18)14-40-24-10-19(4-5-23(24)26(41)37(40)2)21-11-34-29(35-12-21)38-7-8-39-22(15-38)13-36-30(39)43;/h3-6,9-12,17,22,28H,7-8,13-16,33H2,1-2H3,(H,36,43);1H. The number of rotatable bonds is 9. The molecule has 6 rings (SSSR count). The van der Waals surface area contributed by atoms with Gasteiger partial charge in [-0.2, -0.15) is 8.78 Å². The number of nitrogens with zero attached hydrogens (tertiary/aromatic N) is 6. The van der Waals surface area contributed by atoms with E-state index >= 15 is 0 Å². The normalized spacial score (nSPS) is 16.7. The molecule has 0 bridgehead atoms. The van der Waals surface area contributed by atoms with E-state index in [4.69, 9.17) is 15.2 Å². The van der Waals surface area contributed by atoms with Crippen molar-refractivity contribution in [1.82, 2.24) is 29.5 Å². The zero-order valence-electron chi connectivity index (χ0n) is 25.1. The number of nitrogens with two attached hydrogens (primary N) is 1. The summed E-state index contributed by atoms with van der Waals surface area (Å²) in [6, 6.07) is 9.06. The molecule has 4 heterocycles. The Balaban J connectivity index is 0.00000417. The van der Waals surface area contributed by atoms with Gasteiger partial charge in [0.1, 0.15) is 18.4 Å². The Hall–Kier alpha value is -4.76. The van der Waals surface area contributed by atoms with Gasteiger partial charge in [0.25, 0.3) is 5.56 Å². The summed E-state index contributed by atoms with van der Waals surface area (Å²) in [6.45, 7) is 0.772. The molecule has 2 saturated heterocycles. The Kier molecular flexibility index (Phi) is 9.44. The van der Waals surface area contributed by atoms with Crippen molar-refractivity contribution in [3.05, 3.63) is 70.3 Å². The third-order valence-electron chi connectivity index (χ3n) is 8.06. The molecule has 2 aromatic heterocycles. The first-order chi connectivity index (χ1) is 21.6. The van der Waals surface area contributed by atoms with Crippen LogP contribution in [0.4, 0.5) is 19.5 Å². The lowest BCUT2D eigenvalue weighted by Crippen LogP contribution is -2.52. The molecule has 13 nitrogen and oxygen atoms in total. The van der Waals surface area contributed by atoms with Crippen LogP contribution in [0.25, 0.3) is 22.0 Å². The third kappa shape index (κ3) is 6.46. The van der Waals surface area contributed by atoms with Crippen molar-refractivity contribution in [1.29, 1.82) is 0 Å². The van der Waals surface area contributed by atoms with Crippen LogP contribution < -0.4 is 26.2 Å². The second kappa shape index (κ2) is 13.3. The lowest BCUT2D eigenvalue weighted by Gasteiger charge is -2.36. The maximum Gasteiger partial charge on any atom is 0.387 e. The van der Waals surface area contributed by atoms with Crippen molar-refractivity contribution in [2.24, 2.45) is 12.8 Å². The molecule has 3 N–H and O–H groups in total. The highest BCUT2D eigenvalue weighted by atomic mass is 35.5. The number of carbonyl (C=O) groups is 2. The van der Waals surface area contributed by atoms with Crippen LogP contribution in [0.1, 0.15) is 18.1 Å². The molecule has 2 aromatic carbocycles. The first kappa shape index (κ1) is 32.6. The quantitative estimate of drug-likeness (QED) is 0.259. The Morgan fingerprint density at radius 3 is 2.59 bits per heavy atom. The molecule has 16 heteroatoms. The van der Waals surface area contributed by atoms with E-state index in [9.17, 15) is 23.2 Å². The number of halogens is 3. The van der Waals surface area contributed by atoms with Gasteiger partial charge in [-0.05, 0) is 42.3 Å². The number of ether oxygens (including phenoxy) is 2. The average Bonchev–Trinajstić information content (AvgIpc) is 3.52. The predicted molar refractivity (Wildman–Crippen MR) is 167 cm³/mol. The van der Waals surface area contributed by atoms with Crippen LogP contribution in [0.15, 0.2) is 53.6 Å². The SMILES string of the molecule is CC(N)C(=O)OCc1ccc(OC(F)F)c(Cn2c3cc(-c4cnc(N5CCN6C(=O)NCC6C5)nc4)ccc3c(=O)n2C)c1.Cl. The zero-order valence-corrected chi connectivity index (χ0v) is 25.9. The van der Waals surface area contributed by atoms with E-state index in [1.54, 1.807) is 42.3 Å². The molecule has 244 valence electrons. The van der Waals surface area contributed by atoms with Gasteiger partial charge in [0.15, 0.2) is 0 Å². The molecule has 2 aliphatic rings. The van der Waals surface area contributed by atoms with Gasteiger partial charge in [-0.3, -0.25) is 19.0 Å². The number of hydrogen-bond acceptors (Lipinski definition) is 9. The summed E-state index contributed by atoms with van der Waals surface area (Å²) < 4.78 is 39.6. The fourth-order valence-corrected chi connectivity index (χ4v) is 5.67. The molecular formula is C30H33ClF2N8O5. The summed E-state index contributed by atoms with van der Waals surface area (Å²) in [6.07, 6.45) is 3.42. The van der Waals surface area contributed by atoms with Crippen molar-refractivity contribution in [2.45, 2.75) is 38.8 Å². The summed E-state index contributed by atoms with van der Waals surface area (Å²) in [5, 5.41) is 3.30. The first-order valence-corrected chi connectivity index (χ1v) is 14.4. The topological polar surface area (TPSA) is 150 Å². The molecule has 0 radical (unpaired) electrons. The number of urea groups is 1. The number of anilines is 1. The molecule has 2 aliphatic heterocycles. The molecule has 0 aliphatic carbocycles. The van der Waals surface area contributed by atoms with Crippen LogP contribution in [0.3, 0.4) is 0 Å². The van der Waals surface area contributed by atoms with E-state index in [2.05, 4.69) is 15.3 Å². The summed E-state index contributed by atoms with van der Waals surface area (Å²) >= 11 is 0. The van der Waals surface area contributed by atoms with Gasteiger partial charge in [0, 0.05) is 56.7 Å². The van der Waals surface area contributed by atoms with E-state index in [1.165, 1.54) is 23.7 Å². The lowest BCUT2D eigenvalue weighted by molar-refractivity contribution is -0.146. The second-order valence-electron chi connectivity index (χ2n) is 11.1. The summed E-state index contributed by atoms with van der Waals surface area (Å²) in [4.78, 5) is 50.0. The fourth-order valence-electron chi connectivity index (χ4n) is 5.67. The van der Waals surface area contributed by atoms with Gasteiger partial charge < -0.3 is 30.3 Å². The molecule has 2 fully saturated rings. The third-order valence-corrected chi connectivity index (χ3v) is 8.06. The van der Waals surface area contributed by atoms with Gasteiger partial charge in [0.05, 0.1) is 23.5 Å².